The number of hydrogen-bond donors (Lipinski definition) is 1. The van der Waals surface area contributed by atoms with E-state index in [1.807, 2.05) is 18.2 Å². The zero-order valence-corrected chi connectivity index (χ0v) is 21.2. The Morgan fingerprint density at radius 3 is 1.65 bits per heavy atom. The van der Waals surface area contributed by atoms with Crippen LogP contribution in [0.15, 0.2) is 60.7 Å². The Morgan fingerprint density at radius 2 is 1.19 bits per heavy atom. The average Bonchev–Trinajstić information content (AvgIpc) is 2.72. The second kappa shape index (κ2) is 10.8. The number of fused-ring (bicyclic) bond motifs is 2. The third kappa shape index (κ3) is 4.93. The van der Waals surface area contributed by atoms with E-state index in [4.69, 9.17) is 14.2 Å². The fourth-order valence-electron chi connectivity index (χ4n) is 3.81. The van der Waals surface area contributed by atoms with Crippen molar-refractivity contribution >= 4 is 21.5 Å². The predicted octanol–water partition coefficient (Wildman–Crippen LogP) is 6.04. The van der Waals surface area contributed by atoms with Gasteiger partial charge in [0, 0.05) is 39.3 Å². The zero-order chi connectivity index (χ0) is 20.4. The van der Waals surface area contributed by atoms with Gasteiger partial charge in [0.2, 0.25) is 0 Å². The first-order valence-electron chi connectivity index (χ1n) is 9.55. The molecule has 0 aliphatic carbocycles. The largest absolute Gasteiger partial charge is 0.467 e. The van der Waals surface area contributed by atoms with Crippen molar-refractivity contribution in [2.45, 2.75) is 13.8 Å². The molecule has 4 rings (SSSR count). The van der Waals surface area contributed by atoms with Crippen molar-refractivity contribution in [3.8, 4) is 22.6 Å². The van der Waals surface area contributed by atoms with Gasteiger partial charge in [0.05, 0.1) is 0 Å². The summed E-state index contributed by atoms with van der Waals surface area (Å²) in [7, 11) is 1.60. The molecule has 162 valence electrons. The molecule has 0 fully saturated rings. The van der Waals surface area contributed by atoms with Crippen molar-refractivity contribution in [1.82, 2.24) is 0 Å². The first-order chi connectivity index (χ1) is 14.1. The van der Waals surface area contributed by atoms with E-state index in [1.165, 1.54) is 11.1 Å². The summed E-state index contributed by atoms with van der Waals surface area (Å²) in [5.74, 6) is 1.32. The van der Waals surface area contributed by atoms with Gasteiger partial charge in [0.15, 0.2) is 13.6 Å². The van der Waals surface area contributed by atoms with Crippen LogP contribution in [0.5, 0.6) is 11.5 Å². The number of methoxy groups -OCH3 is 1. The summed E-state index contributed by atoms with van der Waals surface area (Å²) in [5.41, 5.74) is 4.20. The Morgan fingerprint density at radius 1 is 0.710 bits per heavy atom. The Labute approximate surface area is 198 Å². The maximum atomic E-state index is 9.49. The van der Waals surface area contributed by atoms with Crippen LogP contribution in [0.2, 0.25) is 0 Å². The summed E-state index contributed by atoms with van der Waals surface area (Å²) < 4.78 is 16.7. The molecule has 0 spiro atoms. The molecular formula is C26H27O4W-. The Hall–Kier alpha value is -2.39. The fourth-order valence-corrected chi connectivity index (χ4v) is 3.81. The standard InChI is InChI=1S/C25H24O4.CH3.W/c1-16-4-8-20-18(12-16)6-10-22(28-14-26)24(20)25-21-9-5-17(2)13-19(21)7-11-23(25)29-15-27-3;;/h4-13,26H,14-15H2,1-3H3;1H3;/q;-1;. The summed E-state index contributed by atoms with van der Waals surface area (Å²) in [6.45, 7) is 3.90. The monoisotopic (exact) mass is 587 g/mol. The topological polar surface area (TPSA) is 47.9 Å². The van der Waals surface area contributed by atoms with Gasteiger partial charge in [-0.3, -0.25) is 0 Å². The summed E-state index contributed by atoms with van der Waals surface area (Å²) in [6, 6.07) is 20.6. The third-order valence-corrected chi connectivity index (χ3v) is 5.08. The van der Waals surface area contributed by atoms with Crippen LogP contribution in [0.25, 0.3) is 32.7 Å². The first kappa shape index (κ1) is 24.9. The van der Waals surface area contributed by atoms with Crippen LogP contribution in [-0.2, 0) is 25.8 Å². The van der Waals surface area contributed by atoms with E-state index in [-0.39, 0.29) is 35.3 Å². The van der Waals surface area contributed by atoms with Gasteiger partial charge in [0.25, 0.3) is 0 Å². The molecule has 4 aromatic rings. The molecule has 0 aliphatic rings. The molecule has 5 heteroatoms. The number of benzene rings is 4. The molecular weight excluding hydrogens is 560 g/mol. The van der Waals surface area contributed by atoms with Crippen LogP contribution < -0.4 is 9.47 Å². The van der Waals surface area contributed by atoms with Crippen molar-refractivity contribution in [1.29, 1.82) is 0 Å². The van der Waals surface area contributed by atoms with E-state index >= 15 is 0 Å². The molecule has 31 heavy (non-hydrogen) atoms. The smallest absolute Gasteiger partial charge is 0.188 e. The molecule has 4 nitrogen and oxygen atoms in total. The van der Waals surface area contributed by atoms with Crippen molar-refractivity contribution in [2.75, 3.05) is 20.7 Å². The van der Waals surface area contributed by atoms with Crippen molar-refractivity contribution in [2.24, 2.45) is 0 Å². The minimum absolute atomic E-state index is 0. The normalized spacial score (nSPS) is 10.5. The van der Waals surface area contributed by atoms with Crippen molar-refractivity contribution < 1.29 is 40.4 Å². The zero-order valence-electron chi connectivity index (χ0n) is 18.3. The second-order valence-electron chi connectivity index (χ2n) is 7.15. The number of rotatable bonds is 6. The average molecular weight is 587 g/mol. The SMILES string of the molecule is COCOc1ccc2cc(C)ccc2c1-c1c(OCO)ccc2cc(C)ccc12.[CH3-].[W]. The minimum atomic E-state index is -0.400. The maximum Gasteiger partial charge on any atom is 0.188 e. The summed E-state index contributed by atoms with van der Waals surface area (Å²) in [6.07, 6.45) is 0. The van der Waals surface area contributed by atoms with Gasteiger partial charge in [-0.1, -0.05) is 59.7 Å². The number of aliphatic hydroxyl groups is 1. The predicted molar refractivity (Wildman–Crippen MR) is 123 cm³/mol. The summed E-state index contributed by atoms with van der Waals surface area (Å²) in [5, 5.41) is 13.8. The van der Waals surface area contributed by atoms with E-state index in [0.29, 0.717) is 11.5 Å². The molecule has 0 bridgehead atoms. The number of aryl methyl sites for hydroxylation is 2. The van der Waals surface area contributed by atoms with Gasteiger partial charge in [-0.15, -0.1) is 0 Å². The summed E-state index contributed by atoms with van der Waals surface area (Å²) >= 11 is 0. The fraction of sp³-hybridized carbons (Fsp3) is 0.192. The van der Waals surface area contributed by atoms with Crippen LogP contribution in [0.4, 0.5) is 0 Å². The second-order valence-corrected chi connectivity index (χ2v) is 7.15. The molecule has 0 unspecified atom stereocenters. The van der Waals surface area contributed by atoms with Gasteiger partial charge < -0.3 is 26.7 Å². The van der Waals surface area contributed by atoms with Crippen LogP contribution in [0, 0.1) is 21.3 Å². The first-order valence-corrected chi connectivity index (χ1v) is 9.55. The van der Waals surface area contributed by atoms with Crippen LogP contribution in [-0.4, -0.2) is 25.8 Å². The minimum Gasteiger partial charge on any atom is -0.467 e. The van der Waals surface area contributed by atoms with Gasteiger partial charge in [0.1, 0.15) is 11.5 Å². The number of aliphatic hydroxyl groups excluding tert-OH is 1. The molecule has 0 atom stereocenters. The number of ether oxygens (including phenoxy) is 3. The molecule has 0 heterocycles. The van der Waals surface area contributed by atoms with Crippen LogP contribution in [0.3, 0.4) is 0 Å². The Bertz CT molecular complexity index is 1190. The van der Waals surface area contributed by atoms with Crippen molar-refractivity contribution in [3.05, 3.63) is 79.2 Å². The molecule has 0 aliphatic heterocycles. The van der Waals surface area contributed by atoms with E-state index in [1.54, 1.807) is 7.11 Å². The molecule has 0 aromatic heterocycles. The van der Waals surface area contributed by atoms with Crippen molar-refractivity contribution in [3.63, 3.8) is 0 Å². The van der Waals surface area contributed by atoms with Gasteiger partial charge in [-0.25, -0.2) is 0 Å². The third-order valence-electron chi connectivity index (χ3n) is 5.08. The van der Waals surface area contributed by atoms with E-state index in [0.717, 1.165) is 32.7 Å². The molecule has 0 saturated heterocycles. The maximum absolute atomic E-state index is 9.49. The van der Waals surface area contributed by atoms with E-state index in [2.05, 4.69) is 56.3 Å². The quantitative estimate of drug-likeness (QED) is 0.221. The molecule has 0 amide bonds. The molecule has 0 saturated carbocycles. The Kier molecular flexibility index (Phi) is 8.64. The molecule has 4 aromatic carbocycles. The van der Waals surface area contributed by atoms with Gasteiger partial charge in [-0.05, 0) is 47.5 Å². The molecule has 1 N–H and O–H groups in total. The molecule has 0 radical (unpaired) electrons. The van der Waals surface area contributed by atoms with Crippen LogP contribution >= 0.6 is 0 Å². The van der Waals surface area contributed by atoms with Crippen LogP contribution in [0.1, 0.15) is 11.1 Å². The van der Waals surface area contributed by atoms with E-state index < -0.39 is 6.79 Å². The van der Waals surface area contributed by atoms with Gasteiger partial charge in [-0.2, -0.15) is 0 Å². The number of hydrogen-bond acceptors (Lipinski definition) is 4. The van der Waals surface area contributed by atoms with E-state index in [9.17, 15) is 5.11 Å². The van der Waals surface area contributed by atoms with Gasteiger partial charge >= 0.3 is 0 Å². The Balaban J connectivity index is 0.00000171. The summed E-state index contributed by atoms with van der Waals surface area (Å²) in [4.78, 5) is 0.